The molecule has 0 saturated carbocycles. The number of rotatable bonds is 2. The van der Waals surface area contributed by atoms with Crippen molar-refractivity contribution in [3.05, 3.63) is 17.7 Å². The predicted molar refractivity (Wildman–Crippen MR) is 49.5 cm³/mol. The molecular weight excluding hydrogens is 224 g/mol. The molecule has 1 aromatic carbocycles. The Morgan fingerprint density at radius 1 is 1.33 bits per heavy atom. The van der Waals surface area contributed by atoms with Gasteiger partial charge in [0.05, 0.1) is 0 Å². The van der Waals surface area contributed by atoms with E-state index in [1.54, 1.807) is 0 Å². The summed E-state index contributed by atoms with van der Waals surface area (Å²) in [6.45, 7) is -0.0157. The number of hydrogen-bond acceptors (Lipinski definition) is 5. The van der Waals surface area contributed by atoms with Crippen LogP contribution in [0.15, 0.2) is 12.1 Å². The minimum Gasteiger partial charge on any atom is -0.504 e. The molecule has 0 amide bonds. The summed E-state index contributed by atoms with van der Waals surface area (Å²) in [5.41, 5.74) is 0.0711. The van der Waals surface area contributed by atoms with Crippen molar-refractivity contribution in [1.82, 2.24) is 0 Å². The first kappa shape index (κ1) is 10.1. The first-order valence-corrected chi connectivity index (χ1v) is 5.64. The van der Waals surface area contributed by atoms with Gasteiger partial charge in [-0.05, 0) is 6.07 Å². The molecule has 0 aliphatic carbocycles. The minimum atomic E-state index is -4.17. The number of fused-ring (bicyclic) bond motifs is 1. The van der Waals surface area contributed by atoms with Crippen LogP contribution in [0.4, 0.5) is 0 Å². The molecule has 2 N–H and O–H groups in total. The van der Waals surface area contributed by atoms with E-state index in [-0.39, 0.29) is 23.9 Å². The highest BCUT2D eigenvalue weighted by Crippen LogP contribution is 2.42. The van der Waals surface area contributed by atoms with E-state index in [0.717, 1.165) is 0 Å². The van der Waals surface area contributed by atoms with Gasteiger partial charge in [-0.25, -0.2) is 0 Å². The minimum absolute atomic E-state index is 0.0157. The first-order valence-electron chi connectivity index (χ1n) is 4.03. The molecule has 0 bridgehead atoms. The van der Waals surface area contributed by atoms with Gasteiger partial charge in [0.25, 0.3) is 10.1 Å². The normalized spacial score (nSPS) is 14.2. The monoisotopic (exact) mass is 232 g/mol. The van der Waals surface area contributed by atoms with Crippen molar-refractivity contribution in [3.8, 4) is 17.2 Å². The molecular formula is C8H8O6S. The van der Waals surface area contributed by atoms with E-state index in [1.165, 1.54) is 12.1 Å². The Bertz CT molecular complexity index is 492. The van der Waals surface area contributed by atoms with Crippen molar-refractivity contribution in [2.75, 3.05) is 6.79 Å². The summed E-state index contributed by atoms with van der Waals surface area (Å²) in [5.74, 6) is -0.513. The van der Waals surface area contributed by atoms with Crippen molar-refractivity contribution < 1.29 is 27.6 Å². The summed E-state index contributed by atoms with van der Waals surface area (Å²) < 4.78 is 39.8. The molecule has 0 spiro atoms. The molecule has 15 heavy (non-hydrogen) atoms. The number of ether oxygens (including phenoxy) is 2. The van der Waals surface area contributed by atoms with E-state index >= 15 is 0 Å². The van der Waals surface area contributed by atoms with Crippen LogP contribution in [0.5, 0.6) is 17.2 Å². The van der Waals surface area contributed by atoms with E-state index in [1.807, 2.05) is 0 Å². The average molecular weight is 232 g/mol. The van der Waals surface area contributed by atoms with Crippen LogP contribution < -0.4 is 9.47 Å². The Balaban J connectivity index is 2.43. The Morgan fingerprint density at radius 2 is 2.07 bits per heavy atom. The zero-order chi connectivity index (χ0) is 11.1. The zero-order valence-corrected chi connectivity index (χ0v) is 8.32. The molecule has 0 saturated heterocycles. The molecule has 1 aromatic rings. The zero-order valence-electron chi connectivity index (χ0n) is 7.50. The third-order valence-corrected chi connectivity index (χ3v) is 2.61. The van der Waals surface area contributed by atoms with Gasteiger partial charge in [-0.15, -0.1) is 0 Å². The topological polar surface area (TPSA) is 93.1 Å². The molecule has 6 nitrogen and oxygen atoms in total. The third-order valence-electron chi connectivity index (χ3n) is 1.93. The predicted octanol–water partition coefficient (Wildman–Crippen LogP) is 0.509. The molecule has 0 unspecified atom stereocenters. The molecule has 7 heteroatoms. The van der Waals surface area contributed by atoms with Gasteiger partial charge in [0.1, 0.15) is 5.75 Å². The molecule has 0 atom stereocenters. The summed E-state index contributed by atoms with van der Waals surface area (Å²) in [6, 6.07) is 2.83. The molecule has 1 aliphatic heterocycles. The first-order chi connectivity index (χ1) is 6.97. The maximum absolute atomic E-state index is 10.6. The standard InChI is InChI=1S/C8H8O6S/c9-7-5(3-15(10,11)12)1-2-6-8(7)14-4-13-6/h1-2,9H,3-4H2,(H,10,11,12). The van der Waals surface area contributed by atoms with Crippen molar-refractivity contribution >= 4 is 10.1 Å². The molecule has 0 radical (unpaired) electrons. The molecule has 1 aliphatic rings. The highest BCUT2D eigenvalue weighted by molar-refractivity contribution is 7.85. The second-order valence-corrected chi connectivity index (χ2v) is 4.49. The van der Waals surface area contributed by atoms with Gasteiger partial charge in [0.15, 0.2) is 11.5 Å². The van der Waals surface area contributed by atoms with E-state index < -0.39 is 15.9 Å². The number of benzene rings is 1. The van der Waals surface area contributed by atoms with E-state index in [4.69, 9.17) is 14.0 Å². The maximum Gasteiger partial charge on any atom is 0.269 e. The van der Waals surface area contributed by atoms with Gasteiger partial charge >= 0.3 is 0 Å². The lowest BCUT2D eigenvalue weighted by molar-refractivity contribution is 0.171. The van der Waals surface area contributed by atoms with Gasteiger partial charge in [-0.1, -0.05) is 6.07 Å². The Kier molecular flexibility index (Phi) is 2.20. The Labute approximate surface area is 85.8 Å². The van der Waals surface area contributed by atoms with E-state index in [2.05, 4.69) is 0 Å². The second kappa shape index (κ2) is 3.28. The fraction of sp³-hybridized carbons (Fsp3) is 0.250. The van der Waals surface area contributed by atoms with Crippen molar-refractivity contribution in [3.63, 3.8) is 0 Å². The fourth-order valence-electron chi connectivity index (χ4n) is 1.31. The molecule has 2 rings (SSSR count). The highest BCUT2D eigenvalue weighted by Gasteiger charge is 2.22. The molecule has 82 valence electrons. The lowest BCUT2D eigenvalue weighted by Gasteiger charge is -2.04. The van der Waals surface area contributed by atoms with Crippen molar-refractivity contribution in [1.29, 1.82) is 0 Å². The molecule has 0 aromatic heterocycles. The quantitative estimate of drug-likeness (QED) is 0.721. The average Bonchev–Trinajstić information content (AvgIpc) is 2.56. The van der Waals surface area contributed by atoms with Crippen LogP contribution in [-0.2, 0) is 15.9 Å². The fourth-order valence-corrected chi connectivity index (χ4v) is 1.94. The summed E-state index contributed by atoms with van der Waals surface area (Å²) >= 11 is 0. The Hall–Kier alpha value is -1.47. The van der Waals surface area contributed by atoms with Gasteiger partial charge in [0, 0.05) is 5.56 Å². The summed E-state index contributed by atoms with van der Waals surface area (Å²) in [6.07, 6.45) is 0. The summed E-state index contributed by atoms with van der Waals surface area (Å²) in [5, 5.41) is 9.59. The molecule has 0 fully saturated rings. The number of phenolic OH excluding ortho intramolecular Hbond substituents is 1. The van der Waals surface area contributed by atoms with E-state index in [0.29, 0.717) is 5.75 Å². The SMILES string of the molecule is O=S(=O)(O)Cc1ccc2c(c1O)OCO2. The largest absolute Gasteiger partial charge is 0.504 e. The van der Waals surface area contributed by atoms with Gasteiger partial charge < -0.3 is 14.6 Å². The number of aromatic hydroxyl groups is 1. The Morgan fingerprint density at radius 3 is 2.73 bits per heavy atom. The highest BCUT2D eigenvalue weighted by atomic mass is 32.2. The molecule has 1 heterocycles. The van der Waals surface area contributed by atoms with Crippen molar-refractivity contribution in [2.24, 2.45) is 0 Å². The lowest BCUT2D eigenvalue weighted by atomic mass is 10.2. The van der Waals surface area contributed by atoms with Crippen molar-refractivity contribution in [2.45, 2.75) is 5.75 Å². The smallest absolute Gasteiger partial charge is 0.269 e. The number of hydrogen-bond donors (Lipinski definition) is 2. The van der Waals surface area contributed by atoms with Crippen LogP contribution in [-0.4, -0.2) is 24.9 Å². The summed E-state index contributed by atoms with van der Waals surface area (Å²) in [4.78, 5) is 0. The van der Waals surface area contributed by atoms with Crippen LogP contribution in [0.25, 0.3) is 0 Å². The number of phenols is 1. The maximum atomic E-state index is 10.6. The second-order valence-electron chi connectivity index (χ2n) is 3.03. The van der Waals surface area contributed by atoms with Crippen LogP contribution in [0.2, 0.25) is 0 Å². The lowest BCUT2D eigenvalue weighted by Crippen LogP contribution is -2.01. The van der Waals surface area contributed by atoms with Crippen LogP contribution in [0.1, 0.15) is 5.56 Å². The van der Waals surface area contributed by atoms with Crippen LogP contribution in [0.3, 0.4) is 0 Å². The summed E-state index contributed by atoms with van der Waals surface area (Å²) in [7, 11) is -4.17. The van der Waals surface area contributed by atoms with Gasteiger partial charge in [-0.2, -0.15) is 8.42 Å². The van der Waals surface area contributed by atoms with Crippen LogP contribution >= 0.6 is 0 Å². The third kappa shape index (κ3) is 1.97. The van der Waals surface area contributed by atoms with Crippen LogP contribution in [0, 0.1) is 0 Å². The van der Waals surface area contributed by atoms with Gasteiger partial charge in [0.2, 0.25) is 12.5 Å². The van der Waals surface area contributed by atoms with Gasteiger partial charge in [-0.3, -0.25) is 4.55 Å². The van der Waals surface area contributed by atoms with E-state index in [9.17, 15) is 13.5 Å².